The molecule has 0 aliphatic heterocycles. The number of nitrogens with one attached hydrogen (secondary N) is 1. The van der Waals surface area contributed by atoms with E-state index in [1.54, 1.807) is 37.3 Å². The van der Waals surface area contributed by atoms with E-state index in [9.17, 15) is 8.42 Å². The van der Waals surface area contributed by atoms with Crippen LogP contribution in [0, 0.1) is 13.8 Å². The monoisotopic (exact) mass is 357 g/mol. The number of hydrogen-bond donors (Lipinski definition) is 1. The van der Waals surface area contributed by atoms with Crippen LogP contribution in [0.15, 0.2) is 47.4 Å². The van der Waals surface area contributed by atoms with Crippen LogP contribution in [0.1, 0.15) is 18.1 Å². The van der Waals surface area contributed by atoms with Crippen LogP contribution in [0.5, 0.6) is 5.88 Å². The molecule has 0 radical (unpaired) electrons. The first-order valence-electron chi connectivity index (χ1n) is 7.90. The van der Waals surface area contributed by atoms with Crippen molar-refractivity contribution < 1.29 is 13.2 Å². The van der Waals surface area contributed by atoms with Gasteiger partial charge in [-0.25, -0.2) is 18.4 Å². The largest absolute Gasteiger partial charge is 0.475 e. The van der Waals surface area contributed by atoms with Crippen LogP contribution in [0.3, 0.4) is 0 Å². The van der Waals surface area contributed by atoms with Gasteiger partial charge in [0.05, 0.1) is 22.5 Å². The third-order valence-corrected chi connectivity index (χ3v) is 5.18. The zero-order valence-electron chi connectivity index (χ0n) is 14.3. The maximum atomic E-state index is 12.7. The molecule has 0 fully saturated rings. The Bertz CT molecular complexity index is 1030. The van der Waals surface area contributed by atoms with Gasteiger partial charge in [0.1, 0.15) is 0 Å². The molecule has 0 aliphatic rings. The molecule has 0 saturated carbocycles. The number of aryl methyl sites for hydroxylation is 2. The molecule has 0 unspecified atom stereocenters. The lowest BCUT2D eigenvalue weighted by Gasteiger charge is -2.13. The molecule has 7 heteroatoms. The zero-order valence-corrected chi connectivity index (χ0v) is 15.1. The number of benzene rings is 2. The summed E-state index contributed by atoms with van der Waals surface area (Å²) in [5, 5.41) is 0. The first-order valence-corrected chi connectivity index (χ1v) is 9.38. The fraction of sp³-hybridized carbons (Fsp3) is 0.222. The van der Waals surface area contributed by atoms with Crippen molar-refractivity contribution in [2.75, 3.05) is 11.3 Å². The van der Waals surface area contributed by atoms with Gasteiger partial charge < -0.3 is 4.74 Å². The summed E-state index contributed by atoms with van der Waals surface area (Å²) in [4.78, 5) is 8.90. The molecule has 6 nitrogen and oxygen atoms in total. The maximum Gasteiger partial charge on any atom is 0.263 e. The minimum atomic E-state index is -3.79. The first-order chi connectivity index (χ1) is 11.9. The molecule has 1 heterocycles. The van der Waals surface area contributed by atoms with Gasteiger partial charge in [-0.15, -0.1) is 0 Å². The van der Waals surface area contributed by atoms with Crippen molar-refractivity contribution in [1.82, 2.24) is 9.97 Å². The van der Waals surface area contributed by atoms with Gasteiger partial charge in [0.15, 0.2) is 0 Å². The second-order valence-electron chi connectivity index (χ2n) is 5.65. The second kappa shape index (κ2) is 6.68. The number of nitrogens with zero attached hydrogens (tertiary/aromatic N) is 2. The quantitative estimate of drug-likeness (QED) is 0.756. The van der Waals surface area contributed by atoms with Crippen molar-refractivity contribution in [2.24, 2.45) is 0 Å². The highest BCUT2D eigenvalue weighted by atomic mass is 32.2. The summed E-state index contributed by atoms with van der Waals surface area (Å²) in [7, 11) is -3.79. The van der Waals surface area contributed by atoms with Crippen molar-refractivity contribution in [1.29, 1.82) is 0 Å². The van der Waals surface area contributed by atoms with Gasteiger partial charge in [-0.1, -0.05) is 18.2 Å². The van der Waals surface area contributed by atoms with Crippen molar-refractivity contribution in [3.8, 4) is 5.88 Å². The van der Waals surface area contributed by atoms with E-state index >= 15 is 0 Å². The molecule has 0 bridgehead atoms. The van der Waals surface area contributed by atoms with Gasteiger partial charge >= 0.3 is 0 Å². The van der Waals surface area contributed by atoms with Crippen LogP contribution >= 0.6 is 0 Å². The normalized spacial score (nSPS) is 11.5. The summed E-state index contributed by atoms with van der Waals surface area (Å²) >= 11 is 0. The first kappa shape index (κ1) is 17.2. The number of sulfonamides is 1. The smallest absolute Gasteiger partial charge is 0.263 e. The van der Waals surface area contributed by atoms with E-state index in [0.717, 1.165) is 11.1 Å². The van der Waals surface area contributed by atoms with E-state index in [4.69, 9.17) is 4.74 Å². The summed E-state index contributed by atoms with van der Waals surface area (Å²) in [5.74, 6) is 0.243. The molecule has 0 spiro atoms. The third-order valence-electron chi connectivity index (χ3n) is 3.84. The van der Waals surface area contributed by atoms with E-state index in [1.165, 1.54) is 0 Å². The Labute approximate surface area is 146 Å². The standard InChI is InChI=1S/C18H19N3O3S/c1-4-24-18-17(19-15-7-5-6-8-16(15)20-18)21-25(22,23)14-10-9-12(2)13(3)11-14/h5-11H,4H2,1-3H3,(H,19,21). The summed E-state index contributed by atoms with van der Waals surface area (Å²) in [6, 6.07) is 12.2. The van der Waals surface area contributed by atoms with Crippen LogP contribution in [-0.4, -0.2) is 25.0 Å². The Hall–Kier alpha value is -2.67. The Morgan fingerprint density at radius 3 is 2.32 bits per heavy atom. The van der Waals surface area contributed by atoms with Crippen molar-refractivity contribution in [3.05, 3.63) is 53.6 Å². The van der Waals surface area contributed by atoms with Gasteiger partial charge in [-0.2, -0.15) is 0 Å². The molecule has 0 saturated heterocycles. The molecular weight excluding hydrogens is 338 g/mol. The van der Waals surface area contributed by atoms with Gasteiger partial charge in [-0.05, 0) is 56.2 Å². The van der Waals surface area contributed by atoms with Crippen LogP contribution in [-0.2, 0) is 10.0 Å². The van der Waals surface area contributed by atoms with Crippen molar-refractivity contribution in [3.63, 3.8) is 0 Å². The molecular formula is C18H19N3O3S. The van der Waals surface area contributed by atoms with Gasteiger partial charge in [0, 0.05) is 0 Å². The topological polar surface area (TPSA) is 81.2 Å². The molecule has 3 rings (SSSR count). The van der Waals surface area contributed by atoms with E-state index in [0.29, 0.717) is 17.6 Å². The zero-order chi connectivity index (χ0) is 18.0. The van der Waals surface area contributed by atoms with Crippen LogP contribution < -0.4 is 9.46 Å². The Morgan fingerprint density at radius 2 is 1.68 bits per heavy atom. The summed E-state index contributed by atoms with van der Waals surface area (Å²) < 4.78 is 33.4. The Morgan fingerprint density at radius 1 is 1.00 bits per heavy atom. The minimum Gasteiger partial charge on any atom is -0.475 e. The van der Waals surface area contributed by atoms with Crippen LogP contribution in [0.25, 0.3) is 11.0 Å². The highest BCUT2D eigenvalue weighted by molar-refractivity contribution is 7.92. The summed E-state index contributed by atoms with van der Waals surface area (Å²) in [6.07, 6.45) is 0. The predicted octanol–water partition coefficient (Wildman–Crippen LogP) is 3.45. The number of anilines is 1. The number of aromatic nitrogens is 2. The van der Waals surface area contributed by atoms with E-state index in [1.807, 2.05) is 26.0 Å². The van der Waals surface area contributed by atoms with Gasteiger partial charge in [-0.3, -0.25) is 4.72 Å². The fourth-order valence-electron chi connectivity index (χ4n) is 2.35. The minimum absolute atomic E-state index is 0.0822. The van der Waals surface area contributed by atoms with E-state index in [2.05, 4.69) is 14.7 Å². The average molecular weight is 357 g/mol. The Kier molecular flexibility index (Phi) is 4.59. The van der Waals surface area contributed by atoms with E-state index in [-0.39, 0.29) is 16.6 Å². The number of ether oxygens (including phenoxy) is 1. The second-order valence-corrected chi connectivity index (χ2v) is 7.33. The Balaban J connectivity index is 2.05. The molecule has 1 aromatic heterocycles. The van der Waals surface area contributed by atoms with Crippen LogP contribution in [0.2, 0.25) is 0 Å². The number of fused-ring (bicyclic) bond motifs is 1. The fourth-order valence-corrected chi connectivity index (χ4v) is 3.44. The van der Waals surface area contributed by atoms with Crippen molar-refractivity contribution in [2.45, 2.75) is 25.7 Å². The molecule has 0 atom stereocenters. The maximum absolute atomic E-state index is 12.7. The summed E-state index contributed by atoms with van der Waals surface area (Å²) in [5.41, 5.74) is 3.15. The molecule has 130 valence electrons. The number of para-hydroxylation sites is 2. The third kappa shape index (κ3) is 3.56. The molecule has 0 aliphatic carbocycles. The van der Waals surface area contributed by atoms with Gasteiger partial charge in [0.25, 0.3) is 15.9 Å². The van der Waals surface area contributed by atoms with E-state index < -0.39 is 10.0 Å². The number of hydrogen-bond acceptors (Lipinski definition) is 5. The molecule has 3 aromatic rings. The molecule has 0 amide bonds. The van der Waals surface area contributed by atoms with Gasteiger partial charge in [0.2, 0.25) is 5.82 Å². The highest BCUT2D eigenvalue weighted by Gasteiger charge is 2.20. The molecule has 1 N–H and O–H groups in total. The summed E-state index contributed by atoms with van der Waals surface area (Å²) in [6.45, 7) is 5.96. The number of rotatable bonds is 5. The lowest BCUT2D eigenvalue weighted by molar-refractivity contribution is 0.329. The molecule has 25 heavy (non-hydrogen) atoms. The predicted molar refractivity (Wildman–Crippen MR) is 97.4 cm³/mol. The van der Waals surface area contributed by atoms with Crippen LogP contribution in [0.4, 0.5) is 5.82 Å². The van der Waals surface area contributed by atoms with Crippen molar-refractivity contribution >= 4 is 26.9 Å². The lowest BCUT2D eigenvalue weighted by Crippen LogP contribution is -2.16. The average Bonchev–Trinajstić information content (AvgIpc) is 2.57. The highest BCUT2D eigenvalue weighted by Crippen LogP contribution is 2.26. The lowest BCUT2D eigenvalue weighted by atomic mass is 10.1. The SMILES string of the molecule is CCOc1nc2ccccc2nc1NS(=O)(=O)c1ccc(C)c(C)c1. The molecule has 2 aromatic carbocycles.